The number of rotatable bonds is 5. The molecule has 2 N–H and O–H groups in total. The smallest absolute Gasteiger partial charge is 0.379 e. The van der Waals surface area contributed by atoms with Crippen LogP contribution >= 0.6 is 11.6 Å². The molecule has 1 aliphatic rings. The molecule has 1 aliphatic carbocycles. The Morgan fingerprint density at radius 3 is 2.55 bits per heavy atom. The number of aliphatic hydroxyl groups is 1. The van der Waals surface area contributed by atoms with E-state index < -0.39 is 29.6 Å². The lowest BCUT2D eigenvalue weighted by Gasteiger charge is -2.27. The van der Waals surface area contributed by atoms with Crippen LogP contribution < -0.4 is 5.32 Å². The van der Waals surface area contributed by atoms with Gasteiger partial charge in [0.25, 0.3) is 0 Å². The Labute approximate surface area is 131 Å². The maximum Gasteiger partial charge on any atom is 0.418 e. The molecule has 1 aromatic rings. The molecular weight excluding hydrogens is 319 g/mol. The topological polar surface area (TPSA) is 49.3 Å². The number of nitrogens with one attached hydrogen (secondary N) is 1. The molecule has 1 saturated carbocycles. The molecule has 2 rings (SSSR count). The van der Waals surface area contributed by atoms with Crippen molar-refractivity contribution in [1.29, 1.82) is 0 Å². The Kier molecular flexibility index (Phi) is 4.46. The number of amides is 1. The number of hydrogen-bond donors (Lipinski definition) is 2. The van der Waals surface area contributed by atoms with Gasteiger partial charge in [0.1, 0.15) is 0 Å². The second-order valence-corrected chi connectivity index (χ2v) is 6.48. The minimum absolute atomic E-state index is 0.424. The van der Waals surface area contributed by atoms with Crippen LogP contribution in [0.3, 0.4) is 0 Å². The minimum Gasteiger partial charge on any atom is -0.379 e. The average molecular weight is 336 g/mol. The maximum atomic E-state index is 12.6. The lowest BCUT2D eigenvalue weighted by Crippen LogP contribution is -2.52. The SMILES string of the molecule is C[C@](O)(CNC(=O)C1(Cc2cccc(Cl)c2)CC1)C(F)(F)F. The van der Waals surface area contributed by atoms with Crippen molar-refractivity contribution >= 4 is 17.5 Å². The molecule has 0 heterocycles. The molecule has 1 amide bonds. The first-order chi connectivity index (χ1) is 10.1. The van der Waals surface area contributed by atoms with Crippen LogP contribution in [-0.2, 0) is 11.2 Å². The summed E-state index contributed by atoms with van der Waals surface area (Å²) >= 11 is 5.89. The summed E-state index contributed by atoms with van der Waals surface area (Å²) in [5.41, 5.74) is -2.76. The van der Waals surface area contributed by atoms with Gasteiger partial charge in [-0.1, -0.05) is 23.7 Å². The van der Waals surface area contributed by atoms with E-state index in [4.69, 9.17) is 11.6 Å². The number of alkyl halides is 3. The summed E-state index contributed by atoms with van der Waals surface area (Å²) in [5, 5.41) is 12.1. The largest absolute Gasteiger partial charge is 0.418 e. The first-order valence-electron chi connectivity index (χ1n) is 6.88. The molecule has 0 unspecified atom stereocenters. The molecule has 122 valence electrons. The molecule has 0 aromatic heterocycles. The second kappa shape index (κ2) is 5.74. The van der Waals surface area contributed by atoms with Crippen molar-refractivity contribution in [2.75, 3.05) is 6.54 Å². The van der Waals surface area contributed by atoms with E-state index in [1.54, 1.807) is 18.2 Å². The zero-order valence-corrected chi connectivity index (χ0v) is 12.8. The molecular formula is C15H17ClF3NO2. The van der Waals surface area contributed by atoms with Crippen LogP contribution in [0.1, 0.15) is 25.3 Å². The second-order valence-electron chi connectivity index (χ2n) is 6.04. The van der Waals surface area contributed by atoms with Crippen LogP contribution in [0.4, 0.5) is 13.2 Å². The molecule has 7 heteroatoms. The molecule has 22 heavy (non-hydrogen) atoms. The van der Waals surface area contributed by atoms with Gasteiger partial charge in [-0.05, 0) is 43.9 Å². The highest BCUT2D eigenvalue weighted by Crippen LogP contribution is 2.49. The van der Waals surface area contributed by atoms with E-state index in [9.17, 15) is 23.1 Å². The summed E-state index contributed by atoms with van der Waals surface area (Å²) in [7, 11) is 0. The highest BCUT2D eigenvalue weighted by atomic mass is 35.5. The van der Waals surface area contributed by atoms with Crippen molar-refractivity contribution in [3.8, 4) is 0 Å². The van der Waals surface area contributed by atoms with Gasteiger partial charge in [-0.2, -0.15) is 13.2 Å². The van der Waals surface area contributed by atoms with Crippen LogP contribution in [0, 0.1) is 5.41 Å². The summed E-state index contributed by atoms with van der Waals surface area (Å²) < 4.78 is 37.7. The van der Waals surface area contributed by atoms with Crippen LogP contribution in [0.2, 0.25) is 5.02 Å². The van der Waals surface area contributed by atoms with Gasteiger partial charge in [-0.3, -0.25) is 4.79 Å². The summed E-state index contributed by atoms with van der Waals surface area (Å²) in [4.78, 5) is 12.2. The van der Waals surface area contributed by atoms with Gasteiger partial charge in [-0.15, -0.1) is 0 Å². The van der Waals surface area contributed by atoms with Gasteiger partial charge in [0, 0.05) is 5.02 Å². The van der Waals surface area contributed by atoms with Crippen molar-refractivity contribution < 1.29 is 23.1 Å². The van der Waals surface area contributed by atoms with E-state index >= 15 is 0 Å². The van der Waals surface area contributed by atoms with Crippen LogP contribution in [-0.4, -0.2) is 29.3 Å². The van der Waals surface area contributed by atoms with E-state index in [1.165, 1.54) is 0 Å². The number of hydrogen-bond acceptors (Lipinski definition) is 2. The summed E-state index contributed by atoms with van der Waals surface area (Å²) in [6, 6.07) is 7.04. The third-order valence-electron chi connectivity index (χ3n) is 3.97. The van der Waals surface area contributed by atoms with E-state index in [0.717, 1.165) is 5.56 Å². The molecule has 0 aliphatic heterocycles. The normalized spacial score (nSPS) is 19.4. The fraction of sp³-hybridized carbons (Fsp3) is 0.533. The van der Waals surface area contributed by atoms with Crippen molar-refractivity contribution in [2.45, 2.75) is 38.0 Å². The molecule has 0 spiro atoms. The lowest BCUT2D eigenvalue weighted by molar-refractivity contribution is -0.250. The lowest BCUT2D eigenvalue weighted by atomic mass is 9.95. The fourth-order valence-electron chi connectivity index (χ4n) is 2.21. The Hall–Kier alpha value is -1.27. The minimum atomic E-state index is -4.79. The Balaban J connectivity index is 1.98. The molecule has 1 atom stereocenters. The number of benzene rings is 1. The first kappa shape index (κ1) is 17.1. The van der Waals surface area contributed by atoms with E-state index in [-0.39, 0.29) is 0 Å². The Bertz CT molecular complexity index is 568. The Morgan fingerprint density at radius 1 is 1.41 bits per heavy atom. The Morgan fingerprint density at radius 2 is 2.05 bits per heavy atom. The zero-order valence-electron chi connectivity index (χ0n) is 12.0. The van der Waals surface area contributed by atoms with Gasteiger partial charge in [0.2, 0.25) is 5.91 Å². The highest BCUT2D eigenvalue weighted by molar-refractivity contribution is 6.30. The standard InChI is InChI=1S/C15H17ClF3NO2/c1-13(22,15(17,18)19)9-20-12(21)14(5-6-14)8-10-3-2-4-11(16)7-10/h2-4,7,22H,5-6,8-9H2,1H3,(H,20,21)/t13-/m0/s1. The van der Waals surface area contributed by atoms with Crippen molar-refractivity contribution in [3.05, 3.63) is 34.9 Å². The van der Waals surface area contributed by atoms with Crippen molar-refractivity contribution in [1.82, 2.24) is 5.32 Å². The fourth-order valence-corrected chi connectivity index (χ4v) is 2.43. The van der Waals surface area contributed by atoms with E-state index in [1.807, 2.05) is 6.07 Å². The zero-order chi connectivity index (χ0) is 16.6. The van der Waals surface area contributed by atoms with E-state index in [2.05, 4.69) is 5.32 Å². The number of carbonyl (C=O) groups is 1. The van der Waals surface area contributed by atoms with Crippen molar-refractivity contribution in [3.63, 3.8) is 0 Å². The summed E-state index contributed by atoms with van der Waals surface area (Å²) in [6.45, 7) is -0.212. The molecule has 3 nitrogen and oxygen atoms in total. The summed E-state index contributed by atoms with van der Waals surface area (Å²) in [5.74, 6) is -0.461. The molecule has 1 fully saturated rings. The van der Waals surface area contributed by atoms with Crippen LogP contribution in [0.25, 0.3) is 0 Å². The van der Waals surface area contributed by atoms with Gasteiger partial charge >= 0.3 is 6.18 Å². The maximum absolute atomic E-state index is 12.6. The monoisotopic (exact) mass is 335 g/mol. The number of carbonyl (C=O) groups excluding carboxylic acids is 1. The van der Waals surface area contributed by atoms with Gasteiger partial charge in [-0.25, -0.2) is 0 Å². The molecule has 1 aromatic carbocycles. The molecule has 0 saturated heterocycles. The number of halogens is 4. The predicted octanol–water partition coefficient (Wildman–Crippen LogP) is 3.09. The van der Waals surface area contributed by atoms with Crippen LogP contribution in [0.15, 0.2) is 24.3 Å². The van der Waals surface area contributed by atoms with E-state index in [0.29, 0.717) is 31.2 Å². The third kappa shape index (κ3) is 3.73. The van der Waals surface area contributed by atoms with Gasteiger partial charge < -0.3 is 10.4 Å². The van der Waals surface area contributed by atoms with Crippen LogP contribution in [0.5, 0.6) is 0 Å². The van der Waals surface area contributed by atoms with Crippen molar-refractivity contribution in [2.24, 2.45) is 5.41 Å². The van der Waals surface area contributed by atoms with Gasteiger partial charge in [0.05, 0.1) is 12.0 Å². The average Bonchev–Trinajstić information content (AvgIpc) is 3.15. The van der Waals surface area contributed by atoms with Gasteiger partial charge in [0.15, 0.2) is 5.60 Å². The quantitative estimate of drug-likeness (QED) is 0.868. The highest BCUT2D eigenvalue weighted by Gasteiger charge is 2.53. The third-order valence-corrected chi connectivity index (χ3v) is 4.21. The predicted molar refractivity (Wildman–Crippen MR) is 76.5 cm³/mol. The molecule has 0 bridgehead atoms. The first-order valence-corrected chi connectivity index (χ1v) is 7.25. The summed E-state index contributed by atoms with van der Waals surface area (Å²) in [6.07, 6.45) is -3.14. The molecule has 0 radical (unpaired) electrons.